The number of anilines is 1. The van der Waals surface area contributed by atoms with Crippen molar-refractivity contribution in [2.75, 3.05) is 31.1 Å². The van der Waals surface area contributed by atoms with E-state index in [0.29, 0.717) is 6.54 Å². The Hall–Kier alpha value is -2.82. The second kappa shape index (κ2) is 9.99. The second-order valence-corrected chi connectivity index (χ2v) is 8.49. The molecule has 0 aliphatic carbocycles. The molecule has 0 unspecified atom stereocenters. The van der Waals surface area contributed by atoms with E-state index in [1.807, 2.05) is 43.3 Å². The third-order valence-corrected chi connectivity index (χ3v) is 6.06. The average Bonchev–Trinajstić information content (AvgIpc) is 2.80. The normalized spacial score (nSPS) is 14.5. The summed E-state index contributed by atoms with van der Waals surface area (Å²) in [6, 6.07) is 24.3. The van der Waals surface area contributed by atoms with Gasteiger partial charge < -0.3 is 10.2 Å². The molecule has 160 valence electrons. The van der Waals surface area contributed by atoms with Gasteiger partial charge in [0.05, 0.1) is 0 Å². The molecule has 0 saturated carbocycles. The van der Waals surface area contributed by atoms with Crippen molar-refractivity contribution in [1.29, 1.82) is 0 Å². The molecule has 1 saturated heterocycles. The van der Waals surface area contributed by atoms with E-state index < -0.39 is 0 Å². The molecule has 3 aromatic carbocycles. The van der Waals surface area contributed by atoms with Gasteiger partial charge in [-0.05, 0) is 53.9 Å². The minimum Gasteiger partial charge on any atom is -0.369 e. The molecular weight excluding hydrogens is 406 g/mol. The van der Waals surface area contributed by atoms with Crippen LogP contribution in [0.5, 0.6) is 0 Å². The van der Waals surface area contributed by atoms with E-state index in [1.54, 1.807) is 0 Å². The minimum absolute atomic E-state index is 0.0284. The van der Waals surface area contributed by atoms with Crippen LogP contribution in [0.1, 0.15) is 27.0 Å². The summed E-state index contributed by atoms with van der Waals surface area (Å²) < 4.78 is 0. The Bertz CT molecular complexity index is 1030. The van der Waals surface area contributed by atoms with Crippen LogP contribution in [0.3, 0.4) is 0 Å². The maximum absolute atomic E-state index is 12.5. The van der Waals surface area contributed by atoms with E-state index in [2.05, 4.69) is 51.5 Å². The maximum atomic E-state index is 12.5. The van der Waals surface area contributed by atoms with E-state index in [4.69, 9.17) is 11.6 Å². The number of carbonyl (C=O) groups is 1. The van der Waals surface area contributed by atoms with Crippen molar-refractivity contribution in [3.05, 3.63) is 100 Å². The molecule has 0 radical (unpaired) electrons. The molecule has 1 fully saturated rings. The fourth-order valence-corrected chi connectivity index (χ4v) is 4.11. The van der Waals surface area contributed by atoms with Crippen molar-refractivity contribution in [1.82, 2.24) is 10.2 Å². The van der Waals surface area contributed by atoms with Crippen molar-refractivity contribution >= 4 is 23.2 Å². The minimum atomic E-state index is -0.0284. The molecule has 0 spiro atoms. The van der Waals surface area contributed by atoms with Crippen LogP contribution in [0, 0.1) is 6.92 Å². The van der Waals surface area contributed by atoms with Crippen LogP contribution in [0.2, 0.25) is 5.02 Å². The lowest BCUT2D eigenvalue weighted by molar-refractivity contribution is 0.0950. The lowest BCUT2D eigenvalue weighted by Gasteiger charge is -2.36. The standard InChI is InChI=1S/C26H28ClN3O/c1-20-5-2-3-8-25(20)26(31)28-18-22-6-4-7-24(17-22)30-15-13-29(14-16-30)19-21-9-11-23(27)12-10-21/h2-12,17H,13-16,18-19H2,1H3,(H,28,31). The third-order valence-electron chi connectivity index (χ3n) is 5.81. The van der Waals surface area contributed by atoms with E-state index in [-0.39, 0.29) is 5.91 Å². The Kier molecular flexibility index (Phi) is 6.90. The average molecular weight is 434 g/mol. The lowest BCUT2D eigenvalue weighted by Crippen LogP contribution is -2.46. The van der Waals surface area contributed by atoms with Crippen LogP contribution in [-0.2, 0) is 13.1 Å². The first-order valence-electron chi connectivity index (χ1n) is 10.7. The maximum Gasteiger partial charge on any atom is 0.251 e. The number of nitrogens with one attached hydrogen (secondary N) is 1. The second-order valence-electron chi connectivity index (χ2n) is 8.06. The smallest absolute Gasteiger partial charge is 0.251 e. The Balaban J connectivity index is 1.31. The molecule has 1 heterocycles. The van der Waals surface area contributed by atoms with Gasteiger partial charge in [0.1, 0.15) is 0 Å². The summed E-state index contributed by atoms with van der Waals surface area (Å²) >= 11 is 5.99. The van der Waals surface area contributed by atoms with Crippen LogP contribution in [0.4, 0.5) is 5.69 Å². The van der Waals surface area contributed by atoms with Gasteiger partial charge in [0.25, 0.3) is 5.91 Å². The number of aryl methyl sites for hydroxylation is 1. The van der Waals surface area contributed by atoms with Gasteiger partial charge in [-0.3, -0.25) is 9.69 Å². The molecule has 1 amide bonds. The molecule has 4 rings (SSSR count). The van der Waals surface area contributed by atoms with Crippen molar-refractivity contribution in [2.45, 2.75) is 20.0 Å². The monoisotopic (exact) mass is 433 g/mol. The summed E-state index contributed by atoms with van der Waals surface area (Å²) in [5.74, 6) is -0.0284. The van der Waals surface area contributed by atoms with Crippen LogP contribution in [0.15, 0.2) is 72.8 Å². The highest BCUT2D eigenvalue weighted by molar-refractivity contribution is 6.30. The van der Waals surface area contributed by atoms with E-state index in [0.717, 1.165) is 54.4 Å². The van der Waals surface area contributed by atoms with Gasteiger partial charge in [0.2, 0.25) is 0 Å². The predicted molar refractivity (Wildman–Crippen MR) is 128 cm³/mol. The van der Waals surface area contributed by atoms with Crippen molar-refractivity contribution < 1.29 is 4.79 Å². The van der Waals surface area contributed by atoms with Gasteiger partial charge in [-0.2, -0.15) is 0 Å². The number of hydrogen-bond acceptors (Lipinski definition) is 3. The summed E-state index contributed by atoms with van der Waals surface area (Å²) in [7, 11) is 0. The summed E-state index contributed by atoms with van der Waals surface area (Å²) in [5, 5.41) is 3.83. The van der Waals surface area contributed by atoms with Gasteiger partial charge in [0.15, 0.2) is 0 Å². The van der Waals surface area contributed by atoms with Gasteiger partial charge in [-0.25, -0.2) is 0 Å². The van der Waals surface area contributed by atoms with Crippen molar-refractivity contribution in [2.24, 2.45) is 0 Å². The Labute approximate surface area is 189 Å². The number of piperazine rings is 1. The zero-order valence-electron chi connectivity index (χ0n) is 17.9. The number of halogens is 1. The highest BCUT2D eigenvalue weighted by Gasteiger charge is 2.17. The Morgan fingerprint density at radius 3 is 2.39 bits per heavy atom. The van der Waals surface area contributed by atoms with E-state index in [9.17, 15) is 4.79 Å². The largest absolute Gasteiger partial charge is 0.369 e. The number of amides is 1. The molecule has 0 bridgehead atoms. The van der Waals surface area contributed by atoms with Crippen LogP contribution in [0.25, 0.3) is 0 Å². The van der Waals surface area contributed by atoms with Crippen LogP contribution < -0.4 is 10.2 Å². The zero-order valence-corrected chi connectivity index (χ0v) is 18.6. The molecule has 5 heteroatoms. The first-order valence-corrected chi connectivity index (χ1v) is 11.1. The quantitative estimate of drug-likeness (QED) is 0.600. The van der Waals surface area contributed by atoms with Gasteiger partial charge in [-0.1, -0.05) is 54.1 Å². The molecule has 0 aromatic heterocycles. The topological polar surface area (TPSA) is 35.6 Å². The molecule has 31 heavy (non-hydrogen) atoms. The number of carbonyl (C=O) groups excluding carboxylic acids is 1. The summed E-state index contributed by atoms with van der Waals surface area (Å²) in [5.41, 5.74) is 5.35. The van der Waals surface area contributed by atoms with E-state index in [1.165, 1.54) is 11.3 Å². The fraction of sp³-hybridized carbons (Fsp3) is 0.269. The highest BCUT2D eigenvalue weighted by Crippen LogP contribution is 2.20. The Morgan fingerprint density at radius 1 is 0.903 bits per heavy atom. The number of hydrogen-bond donors (Lipinski definition) is 1. The van der Waals surface area contributed by atoms with Crippen molar-refractivity contribution in [3.63, 3.8) is 0 Å². The molecule has 3 aromatic rings. The van der Waals surface area contributed by atoms with E-state index >= 15 is 0 Å². The molecule has 0 atom stereocenters. The van der Waals surface area contributed by atoms with Gasteiger partial charge in [-0.15, -0.1) is 0 Å². The van der Waals surface area contributed by atoms with Gasteiger partial charge >= 0.3 is 0 Å². The predicted octanol–water partition coefficient (Wildman–Crippen LogP) is 4.90. The SMILES string of the molecule is Cc1ccccc1C(=O)NCc1cccc(N2CCN(Cc3ccc(Cl)cc3)CC2)c1. The molecule has 1 aliphatic heterocycles. The molecule has 1 N–H and O–H groups in total. The first-order chi connectivity index (χ1) is 15.1. The van der Waals surface area contributed by atoms with Crippen LogP contribution in [-0.4, -0.2) is 37.0 Å². The molecular formula is C26H28ClN3O. The zero-order chi connectivity index (χ0) is 21.6. The first kappa shape index (κ1) is 21.4. The highest BCUT2D eigenvalue weighted by atomic mass is 35.5. The molecule has 1 aliphatic rings. The fourth-order valence-electron chi connectivity index (χ4n) is 3.98. The number of rotatable bonds is 6. The Morgan fingerprint density at radius 2 is 1.65 bits per heavy atom. The lowest BCUT2D eigenvalue weighted by atomic mass is 10.1. The number of nitrogens with zero attached hydrogens (tertiary/aromatic N) is 2. The summed E-state index contributed by atoms with van der Waals surface area (Å²) in [4.78, 5) is 17.4. The summed E-state index contributed by atoms with van der Waals surface area (Å²) in [6.45, 7) is 7.47. The summed E-state index contributed by atoms with van der Waals surface area (Å²) in [6.07, 6.45) is 0. The van der Waals surface area contributed by atoms with Crippen molar-refractivity contribution in [3.8, 4) is 0 Å². The van der Waals surface area contributed by atoms with Gasteiger partial charge in [0, 0.05) is 55.5 Å². The number of benzene rings is 3. The third kappa shape index (κ3) is 5.66. The van der Waals surface area contributed by atoms with Crippen LogP contribution >= 0.6 is 11.6 Å². The molecule has 4 nitrogen and oxygen atoms in total.